The van der Waals surface area contributed by atoms with Crippen LogP contribution in [0.2, 0.25) is 0 Å². The van der Waals surface area contributed by atoms with Crippen molar-refractivity contribution in [2.75, 3.05) is 18.9 Å². The number of sulfonamides is 1. The molecule has 0 aromatic heterocycles. The number of primary sulfonamides is 1. The zero-order valence-electron chi connectivity index (χ0n) is 15.8. The third-order valence-corrected chi connectivity index (χ3v) is 5.95. The highest BCUT2D eigenvalue weighted by Gasteiger charge is 2.17. The van der Waals surface area contributed by atoms with Gasteiger partial charge in [-0.25, -0.2) is 13.6 Å². The van der Waals surface area contributed by atoms with E-state index in [0.717, 1.165) is 15.6 Å². The smallest absolute Gasteiger partial charge is 0.253 e. The molecule has 3 aromatic carbocycles. The molecule has 0 aliphatic heterocycles. The molecular formula is C21H20BrN3O4S. The van der Waals surface area contributed by atoms with Crippen molar-refractivity contribution in [3.63, 3.8) is 0 Å². The van der Waals surface area contributed by atoms with Crippen molar-refractivity contribution in [3.05, 3.63) is 70.7 Å². The molecule has 6 N–H and O–H groups in total. The number of hydrogen-bond donors (Lipinski definition) is 4. The lowest BCUT2D eigenvalue weighted by atomic mass is 9.93. The fourth-order valence-corrected chi connectivity index (χ4v) is 3.76. The van der Waals surface area contributed by atoms with Gasteiger partial charge >= 0.3 is 0 Å². The number of rotatable bonds is 6. The van der Waals surface area contributed by atoms with Crippen molar-refractivity contribution in [1.82, 2.24) is 5.32 Å². The van der Waals surface area contributed by atoms with E-state index in [1.54, 1.807) is 18.2 Å². The van der Waals surface area contributed by atoms with Crippen LogP contribution < -0.4 is 16.2 Å². The van der Waals surface area contributed by atoms with E-state index in [2.05, 4.69) is 21.2 Å². The maximum atomic E-state index is 12.6. The lowest BCUT2D eigenvalue weighted by Gasteiger charge is -2.15. The summed E-state index contributed by atoms with van der Waals surface area (Å²) in [6, 6.07) is 17.1. The van der Waals surface area contributed by atoms with Crippen molar-refractivity contribution in [3.8, 4) is 22.3 Å². The van der Waals surface area contributed by atoms with Gasteiger partial charge in [0, 0.05) is 16.6 Å². The Morgan fingerprint density at radius 1 is 0.967 bits per heavy atom. The largest absolute Gasteiger partial charge is 0.398 e. The van der Waals surface area contributed by atoms with Gasteiger partial charge in [0.15, 0.2) is 0 Å². The molecule has 1 amide bonds. The van der Waals surface area contributed by atoms with Crippen LogP contribution in [-0.2, 0) is 10.0 Å². The van der Waals surface area contributed by atoms with Gasteiger partial charge in [-0.05, 0) is 53.1 Å². The second-order valence-electron chi connectivity index (χ2n) is 6.54. The molecule has 0 bridgehead atoms. The van der Waals surface area contributed by atoms with Crippen LogP contribution in [-0.4, -0.2) is 32.6 Å². The number of halogens is 1. The highest BCUT2D eigenvalue weighted by molar-refractivity contribution is 9.10. The summed E-state index contributed by atoms with van der Waals surface area (Å²) in [5.74, 6) is -0.414. The number of carbonyl (C=O) groups excluding carboxylic acids is 1. The molecule has 0 aliphatic rings. The highest BCUT2D eigenvalue weighted by Crippen LogP contribution is 2.35. The van der Waals surface area contributed by atoms with Crippen molar-refractivity contribution < 1.29 is 18.3 Å². The van der Waals surface area contributed by atoms with Crippen molar-refractivity contribution in [2.24, 2.45) is 5.14 Å². The molecule has 0 spiro atoms. The molecule has 0 saturated carbocycles. The highest BCUT2D eigenvalue weighted by atomic mass is 79.9. The SMILES string of the molecule is Nc1c(C(=O)NCCO)cc(-c2ccc(Br)cc2)cc1-c1ccc(S(N)(=O)=O)cc1. The van der Waals surface area contributed by atoms with E-state index in [1.165, 1.54) is 12.1 Å². The van der Waals surface area contributed by atoms with Gasteiger partial charge in [0.1, 0.15) is 0 Å². The summed E-state index contributed by atoms with van der Waals surface area (Å²) in [6.45, 7) is -0.0981. The summed E-state index contributed by atoms with van der Waals surface area (Å²) in [5.41, 5.74) is 9.65. The Labute approximate surface area is 182 Å². The Kier molecular flexibility index (Phi) is 6.57. The molecule has 0 unspecified atom stereocenters. The van der Waals surface area contributed by atoms with Crippen LogP contribution in [0, 0.1) is 0 Å². The minimum absolute atomic E-state index is 0.0187. The molecule has 156 valence electrons. The van der Waals surface area contributed by atoms with Gasteiger partial charge in [-0.1, -0.05) is 40.2 Å². The molecule has 0 aliphatic carbocycles. The predicted octanol–water partition coefficient (Wildman–Crippen LogP) is 2.73. The molecule has 7 nitrogen and oxygen atoms in total. The van der Waals surface area contributed by atoms with E-state index in [9.17, 15) is 13.2 Å². The number of carbonyl (C=O) groups is 1. The van der Waals surface area contributed by atoms with Gasteiger partial charge in [0.2, 0.25) is 10.0 Å². The van der Waals surface area contributed by atoms with Crippen molar-refractivity contribution >= 4 is 37.5 Å². The summed E-state index contributed by atoms with van der Waals surface area (Å²) in [4.78, 5) is 12.6. The topological polar surface area (TPSA) is 136 Å². The lowest BCUT2D eigenvalue weighted by molar-refractivity contribution is 0.0945. The number of nitrogens with one attached hydrogen (secondary N) is 1. The first-order valence-corrected chi connectivity index (χ1v) is 11.3. The van der Waals surface area contributed by atoms with Crippen LogP contribution >= 0.6 is 15.9 Å². The molecule has 0 radical (unpaired) electrons. The Morgan fingerprint density at radius 2 is 1.57 bits per heavy atom. The number of nitrogens with two attached hydrogens (primary N) is 2. The second kappa shape index (κ2) is 8.97. The van der Waals surface area contributed by atoms with E-state index >= 15 is 0 Å². The normalized spacial score (nSPS) is 11.3. The van der Waals surface area contributed by atoms with E-state index in [1.807, 2.05) is 30.3 Å². The van der Waals surface area contributed by atoms with Crippen molar-refractivity contribution in [2.45, 2.75) is 4.90 Å². The lowest BCUT2D eigenvalue weighted by Crippen LogP contribution is -2.27. The third-order valence-electron chi connectivity index (χ3n) is 4.49. The molecular weight excluding hydrogens is 470 g/mol. The summed E-state index contributed by atoms with van der Waals surface area (Å²) < 4.78 is 24.0. The number of nitrogen functional groups attached to an aromatic ring is 1. The maximum absolute atomic E-state index is 12.6. The number of aliphatic hydroxyl groups is 1. The predicted molar refractivity (Wildman–Crippen MR) is 120 cm³/mol. The third kappa shape index (κ3) is 4.88. The number of amides is 1. The summed E-state index contributed by atoms with van der Waals surface area (Å²) in [7, 11) is -3.82. The van der Waals surface area contributed by atoms with Gasteiger partial charge in [-0.15, -0.1) is 0 Å². The Hall–Kier alpha value is -2.72. The first-order chi connectivity index (χ1) is 14.2. The van der Waals surface area contributed by atoms with Gasteiger partial charge < -0.3 is 16.2 Å². The Morgan fingerprint density at radius 3 is 2.13 bits per heavy atom. The number of aliphatic hydroxyl groups excluding tert-OH is 1. The minimum atomic E-state index is -3.82. The summed E-state index contributed by atoms with van der Waals surface area (Å²) in [6.07, 6.45) is 0. The van der Waals surface area contributed by atoms with Crippen molar-refractivity contribution in [1.29, 1.82) is 0 Å². The van der Waals surface area contributed by atoms with Crippen LogP contribution in [0.1, 0.15) is 10.4 Å². The fourth-order valence-electron chi connectivity index (χ4n) is 2.98. The first kappa shape index (κ1) is 22.0. The average Bonchev–Trinajstić information content (AvgIpc) is 2.72. The van der Waals surface area contributed by atoms with Gasteiger partial charge in [-0.2, -0.15) is 0 Å². The quantitative estimate of drug-likeness (QED) is 0.394. The van der Waals surface area contributed by atoms with Crippen LogP contribution in [0.15, 0.2) is 70.0 Å². The number of anilines is 1. The number of hydrogen-bond acceptors (Lipinski definition) is 5. The zero-order valence-corrected chi connectivity index (χ0v) is 18.2. The number of benzene rings is 3. The Balaban J connectivity index is 2.16. The second-order valence-corrected chi connectivity index (χ2v) is 9.02. The van der Waals surface area contributed by atoms with E-state index in [0.29, 0.717) is 11.1 Å². The molecule has 0 fully saturated rings. The van der Waals surface area contributed by atoms with Gasteiger partial charge in [-0.3, -0.25) is 4.79 Å². The molecule has 3 rings (SSSR count). The average molecular weight is 490 g/mol. The maximum Gasteiger partial charge on any atom is 0.253 e. The van der Waals surface area contributed by atoms with Crippen LogP contribution in [0.4, 0.5) is 5.69 Å². The molecule has 30 heavy (non-hydrogen) atoms. The van der Waals surface area contributed by atoms with E-state index in [4.69, 9.17) is 16.0 Å². The van der Waals surface area contributed by atoms with Gasteiger partial charge in [0.05, 0.1) is 22.8 Å². The molecule has 0 atom stereocenters. The molecule has 9 heteroatoms. The van der Waals surface area contributed by atoms with Crippen LogP contribution in [0.25, 0.3) is 22.3 Å². The molecule has 0 heterocycles. The fraction of sp³-hybridized carbons (Fsp3) is 0.0952. The summed E-state index contributed by atoms with van der Waals surface area (Å²) in [5, 5.41) is 16.8. The monoisotopic (exact) mass is 489 g/mol. The standard InChI is InChI=1S/C21H20BrN3O4S/c22-16-5-1-13(2-6-16)15-11-18(14-3-7-17(8-4-14)30(24,28)29)20(23)19(12-15)21(27)25-9-10-26/h1-8,11-12,26H,9-10,23H2,(H,25,27)(H2,24,28,29). The zero-order chi connectivity index (χ0) is 21.9. The Bertz CT molecular complexity index is 1180. The molecule has 3 aromatic rings. The van der Waals surface area contributed by atoms with E-state index in [-0.39, 0.29) is 29.3 Å². The first-order valence-electron chi connectivity index (χ1n) is 8.92. The minimum Gasteiger partial charge on any atom is -0.398 e. The molecule has 0 saturated heterocycles. The van der Waals surface area contributed by atoms with Gasteiger partial charge in [0.25, 0.3) is 5.91 Å². The van der Waals surface area contributed by atoms with Crippen LogP contribution in [0.3, 0.4) is 0 Å². The van der Waals surface area contributed by atoms with E-state index < -0.39 is 15.9 Å². The van der Waals surface area contributed by atoms with Crippen LogP contribution in [0.5, 0.6) is 0 Å². The summed E-state index contributed by atoms with van der Waals surface area (Å²) >= 11 is 3.40.